The maximum absolute atomic E-state index is 12.0. The monoisotopic (exact) mass is 285 g/mol. The number of hydrogen-bond acceptors (Lipinski definition) is 5. The normalized spacial score (nSPS) is 13.6. The minimum absolute atomic E-state index is 0.0308. The first-order valence-corrected chi connectivity index (χ1v) is 7.38. The van der Waals surface area contributed by atoms with E-state index in [-0.39, 0.29) is 12.1 Å². The van der Waals surface area contributed by atoms with Gasteiger partial charge in [-0.15, -0.1) is 11.3 Å². The summed E-state index contributed by atoms with van der Waals surface area (Å²) in [7, 11) is 1.68. The molecule has 1 unspecified atom stereocenters. The largest absolute Gasteiger partial charge is 0.465 e. The van der Waals surface area contributed by atoms with Crippen LogP contribution in [0.3, 0.4) is 0 Å². The van der Waals surface area contributed by atoms with Crippen molar-refractivity contribution in [1.82, 2.24) is 4.98 Å². The maximum atomic E-state index is 12.0. The molecule has 0 N–H and O–H groups in total. The molecule has 0 spiro atoms. The van der Waals surface area contributed by atoms with Gasteiger partial charge in [-0.25, -0.2) is 4.98 Å². The van der Waals surface area contributed by atoms with Crippen LogP contribution in [-0.4, -0.2) is 24.7 Å². The van der Waals surface area contributed by atoms with Gasteiger partial charge in [-0.3, -0.25) is 4.79 Å². The fourth-order valence-corrected chi connectivity index (χ4v) is 3.01. The number of aromatic nitrogens is 1. The van der Waals surface area contributed by atoms with E-state index in [9.17, 15) is 4.79 Å². The Morgan fingerprint density at radius 1 is 1.47 bits per heavy atom. The van der Waals surface area contributed by atoms with E-state index >= 15 is 0 Å². The standard InChI is InChI=1S/C14H23NO3S/c1-7-18-13(16)14(4,5)10-8-19-12(15-10)11(17-6)9(2)3/h8-9,11H,7H2,1-6H3. The van der Waals surface area contributed by atoms with Gasteiger partial charge in [-0.1, -0.05) is 13.8 Å². The van der Waals surface area contributed by atoms with Crippen LogP contribution in [0.5, 0.6) is 0 Å². The molecule has 1 heterocycles. The second-order valence-corrected chi connectivity index (χ2v) is 6.21. The van der Waals surface area contributed by atoms with Crippen LogP contribution in [0.15, 0.2) is 5.38 Å². The van der Waals surface area contributed by atoms with Crippen molar-refractivity contribution in [2.45, 2.75) is 46.1 Å². The van der Waals surface area contributed by atoms with Crippen LogP contribution in [0.25, 0.3) is 0 Å². The summed E-state index contributed by atoms with van der Waals surface area (Å²) >= 11 is 1.53. The lowest BCUT2D eigenvalue weighted by Gasteiger charge is -2.20. The number of thiazole rings is 1. The minimum Gasteiger partial charge on any atom is -0.465 e. The van der Waals surface area contributed by atoms with E-state index in [1.165, 1.54) is 11.3 Å². The summed E-state index contributed by atoms with van der Waals surface area (Å²) in [6.07, 6.45) is -0.0308. The highest BCUT2D eigenvalue weighted by atomic mass is 32.1. The number of methoxy groups -OCH3 is 1. The molecular formula is C14H23NO3S. The molecule has 108 valence electrons. The van der Waals surface area contributed by atoms with Gasteiger partial charge in [0, 0.05) is 12.5 Å². The number of carbonyl (C=O) groups excluding carboxylic acids is 1. The molecule has 0 saturated carbocycles. The van der Waals surface area contributed by atoms with E-state index in [0.717, 1.165) is 10.7 Å². The Morgan fingerprint density at radius 2 is 2.11 bits per heavy atom. The fraction of sp³-hybridized carbons (Fsp3) is 0.714. The molecule has 1 aromatic rings. The molecule has 0 aliphatic heterocycles. The molecule has 0 amide bonds. The van der Waals surface area contributed by atoms with Crippen molar-refractivity contribution < 1.29 is 14.3 Å². The van der Waals surface area contributed by atoms with Crippen LogP contribution in [0, 0.1) is 5.92 Å². The van der Waals surface area contributed by atoms with Crippen LogP contribution in [0.2, 0.25) is 0 Å². The molecular weight excluding hydrogens is 262 g/mol. The lowest BCUT2D eigenvalue weighted by atomic mass is 9.90. The first-order valence-electron chi connectivity index (χ1n) is 6.50. The highest BCUT2D eigenvalue weighted by Gasteiger charge is 2.34. The van der Waals surface area contributed by atoms with Gasteiger partial charge in [0.05, 0.1) is 12.3 Å². The summed E-state index contributed by atoms with van der Waals surface area (Å²) in [5.41, 5.74) is 0.0219. The van der Waals surface area contributed by atoms with E-state index < -0.39 is 5.41 Å². The predicted molar refractivity (Wildman–Crippen MR) is 76.4 cm³/mol. The lowest BCUT2D eigenvalue weighted by molar-refractivity contribution is -0.148. The molecule has 5 heteroatoms. The van der Waals surface area contributed by atoms with Gasteiger partial charge in [-0.05, 0) is 26.7 Å². The molecule has 1 rings (SSSR count). The average molecular weight is 285 g/mol. The van der Waals surface area contributed by atoms with Crippen molar-refractivity contribution in [2.24, 2.45) is 5.92 Å². The number of carbonyl (C=O) groups is 1. The third-order valence-electron chi connectivity index (χ3n) is 3.05. The molecule has 0 radical (unpaired) electrons. The van der Waals surface area contributed by atoms with Gasteiger partial charge in [0.1, 0.15) is 16.5 Å². The summed E-state index contributed by atoms with van der Waals surface area (Å²) in [5, 5.41) is 2.82. The van der Waals surface area contributed by atoms with Crippen LogP contribution in [-0.2, 0) is 19.7 Å². The van der Waals surface area contributed by atoms with Crippen molar-refractivity contribution in [1.29, 1.82) is 0 Å². The van der Waals surface area contributed by atoms with E-state index in [0.29, 0.717) is 12.5 Å². The Hall–Kier alpha value is -0.940. The van der Waals surface area contributed by atoms with Gasteiger partial charge in [0.15, 0.2) is 0 Å². The quantitative estimate of drug-likeness (QED) is 0.752. The number of ether oxygens (including phenoxy) is 2. The first kappa shape index (κ1) is 16.1. The van der Waals surface area contributed by atoms with Crippen molar-refractivity contribution >= 4 is 17.3 Å². The van der Waals surface area contributed by atoms with Crippen molar-refractivity contribution in [3.8, 4) is 0 Å². The zero-order chi connectivity index (χ0) is 14.6. The Balaban J connectivity index is 2.98. The zero-order valence-electron chi connectivity index (χ0n) is 12.5. The number of rotatable bonds is 6. The zero-order valence-corrected chi connectivity index (χ0v) is 13.3. The minimum atomic E-state index is -0.722. The molecule has 0 aliphatic rings. The summed E-state index contributed by atoms with van der Waals surface area (Å²) in [6, 6.07) is 0. The highest BCUT2D eigenvalue weighted by Crippen LogP contribution is 2.32. The van der Waals surface area contributed by atoms with Gasteiger partial charge < -0.3 is 9.47 Å². The van der Waals surface area contributed by atoms with Gasteiger partial charge in [0.25, 0.3) is 0 Å². The van der Waals surface area contributed by atoms with Crippen molar-refractivity contribution in [2.75, 3.05) is 13.7 Å². The lowest BCUT2D eigenvalue weighted by Crippen LogP contribution is -2.31. The number of nitrogens with zero attached hydrogens (tertiary/aromatic N) is 1. The summed E-state index contributed by atoms with van der Waals surface area (Å²) < 4.78 is 10.6. The van der Waals surface area contributed by atoms with Crippen LogP contribution in [0.4, 0.5) is 0 Å². The molecule has 4 nitrogen and oxygen atoms in total. The van der Waals surface area contributed by atoms with Gasteiger partial charge in [-0.2, -0.15) is 0 Å². The number of esters is 1. The third kappa shape index (κ3) is 3.54. The first-order chi connectivity index (χ1) is 8.84. The maximum Gasteiger partial charge on any atom is 0.317 e. The topological polar surface area (TPSA) is 48.4 Å². The molecule has 1 atom stereocenters. The second-order valence-electron chi connectivity index (χ2n) is 5.32. The van der Waals surface area contributed by atoms with E-state index in [2.05, 4.69) is 18.8 Å². The SMILES string of the molecule is CCOC(=O)C(C)(C)c1csc(C(OC)C(C)C)n1. The average Bonchev–Trinajstić information content (AvgIpc) is 2.79. The fourth-order valence-electron chi connectivity index (χ4n) is 1.78. The second kappa shape index (κ2) is 6.48. The third-order valence-corrected chi connectivity index (χ3v) is 3.96. The van der Waals surface area contributed by atoms with Gasteiger partial charge in [0.2, 0.25) is 0 Å². The molecule has 0 aliphatic carbocycles. The predicted octanol–water partition coefficient (Wildman–Crippen LogP) is 3.33. The number of hydrogen-bond donors (Lipinski definition) is 0. The molecule has 0 saturated heterocycles. The smallest absolute Gasteiger partial charge is 0.317 e. The molecule has 0 fully saturated rings. The van der Waals surface area contributed by atoms with Crippen LogP contribution < -0.4 is 0 Å². The van der Waals surface area contributed by atoms with Crippen molar-refractivity contribution in [3.05, 3.63) is 16.1 Å². The Labute approximate surface area is 119 Å². The summed E-state index contributed by atoms with van der Waals surface area (Å²) in [4.78, 5) is 16.5. The van der Waals surface area contributed by atoms with Crippen LogP contribution in [0.1, 0.15) is 51.4 Å². The highest BCUT2D eigenvalue weighted by molar-refractivity contribution is 7.09. The van der Waals surface area contributed by atoms with E-state index in [4.69, 9.17) is 9.47 Å². The van der Waals surface area contributed by atoms with Crippen molar-refractivity contribution in [3.63, 3.8) is 0 Å². The summed E-state index contributed by atoms with van der Waals surface area (Å²) in [5.74, 6) is 0.0973. The summed E-state index contributed by atoms with van der Waals surface area (Å²) in [6.45, 7) is 10.0. The molecule has 0 bridgehead atoms. The van der Waals surface area contributed by atoms with Gasteiger partial charge >= 0.3 is 5.97 Å². The molecule has 0 aromatic carbocycles. The Kier molecular flexibility index (Phi) is 5.50. The van der Waals surface area contributed by atoms with E-state index in [1.807, 2.05) is 19.2 Å². The molecule has 1 aromatic heterocycles. The van der Waals surface area contributed by atoms with E-state index in [1.54, 1.807) is 14.0 Å². The Morgan fingerprint density at radius 3 is 2.58 bits per heavy atom. The Bertz CT molecular complexity index is 426. The van der Waals surface area contributed by atoms with Crippen LogP contribution >= 0.6 is 11.3 Å². The molecule has 19 heavy (non-hydrogen) atoms.